The zero-order chi connectivity index (χ0) is 27.8. The first kappa shape index (κ1) is 28.0. The molecule has 0 spiro atoms. The van der Waals surface area contributed by atoms with Gasteiger partial charge in [-0.15, -0.1) is 0 Å². The molecule has 10 heteroatoms. The molecule has 38 heavy (non-hydrogen) atoms. The predicted octanol–water partition coefficient (Wildman–Crippen LogP) is 2.64. The normalized spacial score (nSPS) is 26.4. The summed E-state index contributed by atoms with van der Waals surface area (Å²) in [6, 6.07) is -2.70. The van der Waals surface area contributed by atoms with Crippen LogP contribution in [0.25, 0.3) is 0 Å². The molecule has 3 N–H and O–H groups in total. The molecule has 10 nitrogen and oxygen atoms in total. The van der Waals surface area contributed by atoms with Crippen molar-refractivity contribution in [2.75, 3.05) is 6.54 Å². The van der Waals surface area contributed by atoms with Gasteiger partial charge in [-0.05, 0) is 47.8 Å². The van der Waals surface area contributed by atoms with Crippen molar-refractivity contribution in [1.82, 2.24) is 25.5 Å². The van der Waals surface area contributed by atoms with Crippen LogP contribution in [0, 0.1) is 28.6 Å². The highest BCUT2D eigenvalue weighted by Gasteiger charge is 2.61. The molecule has 0 radical (unpaired) electrons. The van der Waals surface area contributed by atoms with E-state index in [0.29, 0.717) is 6.54 Å². The molecular formula is C28H41N5O5. The Morgan fingerprint density at radius 3 is 2.32 bits per heavy atom. The summed E-state index contributed by atoms with van der Waals surface area (Å²) >= 11 is 0. The molecule has 1 unspecified atom stereocenters. The highest BCUT2D eigenvalue weighted by atomic mass is 16.4. The van der Waals surface area contributed by atoms with Gasteiger partial charge in [0.1, 0.15) is 23.8 Å². The zero-order valence-corrected chi connectivity index (χ0v) is 23.1. The second-order valence-corrected chi connectivity index (χ2v) is 13.0. The largest absolute Gasteiger partial charge is 0.480 e. The van der Waals surface area contributed by atoms with E-state index in [4.69, 9.17) is 0 Å². The predicted molar refractivity (Wildman–Crippen MR) is 140 cm³/mol. The third-order valence-electron chi connectivity index (χ3n) is 8.73. The van der Waals surface area contributed by atoms with E-state index in [1.807, 2.05) is 20.8 Å². The molecular weight excluding hydrogens is 486 g/mol. The Kier molecular flexibility index (Phi) is 7.81. The second-order valence-electron chi connectivity index (χ2n) is 13.0. The summed E-state index contributed by atoms with van der Waals surface area (Å²) in [4.78, 5) is 62.5. The standard InChI is InChI=1S/C28H41N5O5/c1-27(2,3)22(25(36)33-15-17-13-28(4,5)19(17)21(33)26(37)38)32-24(35)20(16-9-7-6-8-10-16)31-23(34)18-14-29-11-12-30-18/h11-12,14,16-17,19-22H,6-10,13,15H2,1-5H3,(H,31,34)(H,32,35)(H,37,38)/t17?,19-,20-,21-,22+/m0/s1. The van der Waals surface area contributed by atoms with Gasteiger partial charge >= 0.3 is 5.97 Å². The lowest BCUT2D eigenvalue weighted by Crippen LogP contribution is -2.61. The number of hydrogen-bond donors (Lipinski definition) is 3. The Morgan fingerprint density at radius 2 is 1.76 bits per heavy atom. The number of hydrogen-bond acceptors (Lipinski definition) is 6. The number of carbonyl (C=O) groups excluding carboxylic acids is 3. The highest BCUT2D eigenvalue weighted by Crippen LogP contribution is 2.57. The number of nitrogens with zero attached hydrogens (tertiary/aromatic N) is 3. The molecule has 2 saturated carbocycles. The van der Waals surface area contributed by atoms with Crippen molar-refractivity contribution in [3.8, 4) is 0 Å². The van der Waals surface area contributed by atoms with Crippen molar-refractivity contribution >= 4 is 23.7 Å². The molecule has 3 aliphatic rings. The molecule has 208 valence electrons. The lowest BCUT2D eigenvalue weighted by atomic mass is 9.55. The maximum absolute atomic E-state index is 14.0. The van der Waals surface area contributed by atoms with E-state index in [0.717, 1.165) is 38.5 Å². The van der Waals surface area contributed by atoms with Gasteiger partial charge in [0, 0.05) is 18.9 Å². The molecule has 1 aliphatic heterocycles. The Morgan fingerprint density at radius 1 is 1.08 bits per heavy atom. The van der Waals surface area contributed by atoms with E-state index >= 15 is 0 Å². The summed E-state index contributed by atoms with van der Waals surface area (Å²) in [6.07, 6.45) is 9.69. The fourth-order valence-electron chi connectivity index (χ4n) is 6.90. The summed E-state index contributed by atoms with van der Waals surface area (Å²) in [5.41, 5.74) is -0.720. The van der Waals surface area contributed by atoms with Crippen molar-refractivity contribution in [2.45, 2.75) is 91.3 Å². The minimum Gasteiger partial charge on any atom is -0.480 e. The van der Waals surface area contributed by atoms with Gasteiger partial charge in [0.2, 0.25) is 11.8 Å². The summed E-state index contributed by atoms with van der Waals surface area (Å²) in [7, 11) is 0. The maximum atomic E-state index is 14.0. The van der Waals surface area contributed by atoms with Crippen LogP contribution in [-0.2, 0) is 14.4 Å². The smallest absolute Gasteiger partial charge is 0.326 e. The molecule has 2 aliphatic carbocycles. The highest BCUT2D eigenvalue weighted by molar-refractivity contribution is 5.97. The molecule has 0 bridgehead atoms. The van der Waals surface area contributed by atoms with E-state index in [9.17, 15) is 24.3 Å². The molecule has 1 aromatic rings. The minimum absolute atomic E-state index is 0.0738. The Balaban J connectivity index is 1.57. The number of carboxylic acid groups (broad SMARTS) is 1. The Bertz CT molecular complexity index is 1060. The molecule has 0 aromatic carbocycles. The molecule has 1 saturated heterocycles. The SMILES string of the molecule is CC(C)(C)[C@H](NC(=O)[C@@H](NC(=O)c1cnccn1)C1CCCCC1)C(=O)N1CC2CC(C)(C)[C@@H]2[C@H]1C(=O)O. The number of likely N-dealkylation sites (tertiary alicyclic amines) is 1. The van der Waals surface area contributed by atoms with Crippen LogP contribution in [0.15, 0.2) is 18.6 Å². The van der Waals surface area contributed by atoms with E-state index in [-0.39, 0.29) is 34.8 Å². The van der Waals surface area contributed by atoms with E-state index in [1.54, 1.807) is 0 Å². The number of carboxylic acids is 1. The lowest BCUT2D eigenvalue weighted by Gasteiger charge is -2.48. The van der Waals surface area contributed by atoms with Gasteiger partial charge in [0.15, 0.2) is 0 Å². The average Bonchev–Trinajstić information content (AvgIpc) is 3.21. The van der Waals surface area contributed by atoms with Crippen LogP contribution in [0.5, 0.6) is 0 Å². The number of nitrogens with one attached hydrogen (secondary N) is 2. The van der Waals surface area contributed by atoms with Crippen LogP contribution in [0.4, 0.5) is 0 Å². The van der Waals surface area contributed by atoms with Gasteiger partial charge in [-0.3, -0.25) is 19.4 Å². The second kappa shape index (κ2) is 10.6. The zero-order valence-electron chi connectivity index (χ0n) is 23.1. The van der Waals surface area contributed by atoms with Gasteiger partial charge in [0.05, 0.1) is 6.20 Å². The number of rotatable bonds is 7. The lowest BCUT2D eigenvalue weighted by molar-refractivity contribution is -0.154. The number of carbonyl (C=O) groups is 4. The van der Waals surface area contributed by atoms with Crippen LogP contribution in [0.3, 0.4) is 0 Å². The molecule has 4 rings (SSSR count). The van der Waals surface area contributed by atoms with E-state index in [2.05, 4.69) is 34.4 Å². The van der Waals surface area contributed by atoms with Gasteiger partial charge in [-0.25, -0.2) is 9.78 Å². The van der Waals surface area contributed by atoms with Crippen LogP contribution >= 0.6 is 0 Å². The van der Waals surface area contributed by atoms with Crippen LogP contribution < -0.4 is 10.6 Å². The van der Waals surface area contributed by atoms with E-state index in [1.165, 1.54) is 23.5 Å². The summed E-state index contributed by atoms with van der Waals surface area (Å²) in [5.74, 6) is -2.35. The average molecular weight is 528 g/mol. The number of fused-ring (bicyclic) bond motifs is 1. The van der Waals surface area contributed by atoms with Gasteiger partial charge < -0.3 is 20.6 Å². The summed E-state index contributed by atoms with van der Waals surface area (Å²) in [5, 5.41) is 15.9. The third kappa shape index (κ3) is 5.54. The Labute approximate surface area is 224 Å². The van der Waals surface area contributed by atoms with Gasteiger partial charge in [0.25, 0.3) is 5.91 Å². The van der Waals surface area contributed by atoms with Gasteiger partial charge in [-0.1, -0.05) is 53.9 Å². The number of aromatic nitrogens is 2. The van der Waals surface area contributed by atoms with Crippen LogP contribution in [-0.4, -0.2) is 68.3 Å². The first-order chi connectivity index (χ1) is 17.8. The monoisotopic (exact) mass is 527 g/mol. The van der Waals surface area contributed by atoms with Crippen molar-refractivity contribution in [3.05, 3.63) is 24.3 Å². The Hall–Kier alpha value is -3.04. The molecule has 3 amide bonds. The fraction of sp³-hybridized carbons (Fsp3) is 0.714. The van der Waals surface area contributed by atoms with E-state index < -0.39 is 41.3 Å². The quantitative estimate of drug-likeness (QED) is 0.495. The molecule has 5 atom stereocenters. The summed E-state index contributed by atoms with van der Waals surface area (Å²) in [6.45, 7) is 10.0. The minimum atomic E-state index is -1.01. The number of aliphatic carboxylic acids is 1. The number of amides is 3. The fourth-order valence-corrected chi connectivity index (χ4v) is 6.90. The first-order valence-corrected chi connectivity index (χ1v) is 13.7. The molecule has 2 heterocycles. The third-order valence-corrected chi connectivity index (χ3v) is 8.73. The van der Waals surface area contributed by atoms with Crippen molar-refractivity contribution in [2.24, 2.45) is 28.6 Å². The molecule has 3 fully saturated rings. The first-order valence-electron chi connectivity index (χ1n) is 13.7. The van der Waals surface area contributed by atoms with Crippen molar-refractivity contribution < 1.29 is 24.3 Å². The maximum Gasteiger partial charge on any atom is 0.326 e. The van der Waals surface area contributed by atoms with Crippen molar-refractivity contribution in [3.63, 3.8) is 0 Å². The van der Waals surface area contributed by atoms with Crippen LogP contribution in [0.1, 0.15) is 83.6 Å². The van der Waals surface area contributed by atoms with Crippen molar-refractivity contribution in [1.29, 1.82) is 0 Å². The summed E-state index contributed by atoms with van der Waals surface area (Å²) < 4.78 is 0. The molecule has 1 aromatic heterocycles. The topological polar surface area (TPSA) is 142 Å². The van der Waals surface area contributed by atoms with Crippen LogP contribution in [0.2, 0.25) is 0 Å². The van der Waals surface area contributed by atoms with Gasteiger partial charge in [-0.2, -0.15) is 0 Å².